The molecule has 0 bridgehead atoms. The molecular weight excluding hydrogens is 427 g/mol. The van der Waals surface area contributed by atoms with E-state index in [0.29, 0.717) is 13.0 Å². The summed E-state index contributed by atoms with van der Waals surface area (Å²) in [5, 5.41) is 9.67. The SMILES string of the molecule is CCCCCCCCOc1ccc(-c2ccc(C(CCCCCCCC)C(=O)O)c(F)c2)cc1. The molecule has 34 heavy (non-hydrogen) atoms. The van der Waals surface area contributed by atoms with E-state index in [-0.39, 0.29) is 5.56 Å². The fourth-order valence-corrected chi connectivity index (χ4v) is 4.35. The van der Waals surface area contributed by atoms with Gasteiger partial charge in [-0.3, -0.25) is 4.79 Å². The highest BCUT2D eigenvalue weighted by Crippen LogP contribution is 2.30. The molecule has 4 heteroatoms. The maximum Gasteiger partial charge on any atom is 0.311 e. The van der Waals surface area contributed by atoms with E-state index in [0.717, 1.165) is 42.6 Å². The average Bonchev–Trinajstić information content (AvgIpc) is 2.83. The fraction of sp³-hybridized carbons (Fsp3) is 0.567. The number of benzene rings is 2. The zero-order valence-corrected chi connectivity index (χ0v) is 21.2. The van der Waals surface area contributed by atoms with Gasteiger partial charge in [0.25, 0.3) is 0 Å². The van der Waals surface area contributed by atoms with Gasteiger partial charge in [-0.15, -0.1) is 0 Å². The monoisotopic (exact) mass is 470 g/mol. The van der Waals surface area contributed by atoms with Crippen LogP contribution in [0.3, 0.4) is 0 Å². The van der Waals surface area contributed by atoms with Gasteiger partial charge in [-0.1, -0.05) is 109 Å². The molecule has 1 N–H and O–H groups in total. The zero-order valence-electron chi connectivity index (χ0n) is 21.2. The van der Waals surface area contributed by atoms with Crippen LogP contribution in [0, 0.1) is 5.82 Å². The van der Waals surface area contributed by atoms with Crippen LogP contribution in [0.15, 0.2) is 42.5 Å². The number of ether oxygens (including phenoxy) is 1. The lowest BCUT2D eigenvalue weighted by atomic mass is 9.91. The lowest BCUT2D eigenvalue weighted by Crippen LogP contribution is -2.13. The van der Waals surface area contributed by atoms with Crippen LogP contribution in [-0.2, 0) is 4.79 Å². The van der Waals surface area contributed by atoms with Crippen LogP contribution in [0.2, 0.25) is 0 Å². The molecule has 2 aromatic rings. The van der Waals surface area contributed by atoms with Crippen LogP contribution < -0.4 is 4.74 Å². The largest absolute Gasteiger partial charge is 0.494 e. The van der Waals surface area contributed by atoms with Crippen molar-refractivity contribution in [2.45, 2.75) is 103 Å². The molecule has 0 radical (unpaired) electrons. The van der Waals surface area contributed by atoms with Crippen molar-refractivity contribution < 1.29 is 19.0 Å². The Labute approximate surface area is 205 Å². The predicted molar refractivity (Wildman–Crippen MR) is 139 cm³/mol. The van der Waals surface area contributed by atoms with Crippen molar-refractivity contribution in [1.29, 1.82) is 0 Å². The maximum atomic E-state index is 14.9. The number of aliphatic carboxylic acids is 1. The summed E-state index contributed by atoms with van der Waals surface area (Å²) in [6.07, 6.45) is 14.3. The van der Waals surface area contributed by atoms with Gasteiger partial charge in [0, 0.05) is 5.56 Å². The molecule has 0 aliphatic rings. The number of carbonyl (C=O) groups is 1. The van der Waals surface area contributed by atoms with E-state index in [4.69, 9.17) is 4.74 Å². The van der Waals surface area contributed by atoms with Gasteiger partial charge in [0.15, 0.2) is 0 Å². The van der Waals surface area contributed by atoms with Gasteiger partial charge >= 0.3 is 5.97 Å². The minimum absolute atomic E-state index is 0.281. The first-order valence-electron chi connectivity index (χ1n) is 13.3. The molecule has 1 atom stereocenters. The molecular formula is C30H43FO3. The molecule has 0 saturated carbocycles. The second kappa shape index (κ2) is 16.3. The number of carboxylic acids is 1. The van der Waals surface area contributed by atoms with E-state index in [1.165, 1.54) is 57.4 Å². The van der Waals surface area contributed by atoms with Crippen LogP contribution in [-0.4, -0.2) is 17.7 Å². The van der Waals surface area contributed by atoms with Crippen LogP contribution in [0.1, 0.15) is 109 Å². The second-order valence-electron chi connectivity index (χ2n) is 9.32. The van der Waals surface area contributed by atoms with Gasteiger partial charge in [0.2, 0.25) is 0 Å². The summed E-state index contributed by atoms with van der Waals surface area (Å²) in [5.41, 5.74) is 1.91. The van der Waals surface area contributed by atoms with Crippen molar-refractivity contribution >= 4 is 5.97 Å². The minimum atomic E-state index is -0.952. The molecule has 0 amide bonds. The molecule has 0 aliphatic carbocycles. The smallest absolute Gasteiger partial charge is 0.311 e. The Kier molecular flexibility index (Phi) is 13.4. The van der Waals surface area contributed by atoms with Crippen LogP contribution in [0.5, 0.6) is 5.75 Å². The Balaban J connectivity index is 1.89. The van der Waals surface area contributed by atoms with E-state index in [1.807, 2.05) is 30.3 Å². The standard InChI is InChI=1S/C30H43FO3/c1-3-5-7-9-11-13-15-28(30(32)33)27-21-18-25(23-29(27)31)24-16-19-26(20-17-24)34-22-14-12-10-8-6-4-2/h16-21,23,28H,3-15,22H2,1-2H3,(H,32,33). The Hall–Kier alpha value is -2.36. The number of carboxylic acid groups (broad SMARTS) is 1. The Morgan fingerprint density at radius 2 is 1.35 bits per heavy atom. The number of hydrogen-bond donors (Lipinski definition) is 1. The van der Waals surface area contributed by atoms with Crippen LogP contribution in [0.25, 0.3) is 11.1 Å². The molecule has 1 unspecified atom stereocenters. The fourth-order valence-electron chi connectivity index (χ4n) is 4.35. The first kappa shape index (κ1) is 27.9. The van der Waals surface area contributed by atoms with Gasteiger partial charge in [0.1, 0.15) is 11.6 Å². The third kappa shape index (κ3) is 9.87. The van der Waals surface area contributed by atoms with E-state index >= 15 is 0 Å². The number of halogens is 1. The Morgan fingerprint density at radius 3 is 1.94 bits per heavy atom. The van der Waals surface area contributed by atoms with E-state index < -0.39 is 17.7 Å². The highest BCUT2D eigenvalue weighted by atomic mass is 19.1. The second-order valence-corrected chi connectivity index (χ2v) is 9.32. The molecule has 0 aromatic heterocycles. The van der Waals surface area contributed by atoms with Gasteiger partial charge in [-0.25, -0.2) is 4.39 Å². The summed E-state index contributed by atoms with van der Waals surface area (Å²) < 4.78 is 20.8. The highest BCUT2D eigenvalue weighted by molar-refractivity contribution is 5.76. The van der Waals surface area contributed by atoms with Crippen molar-refractivity contribution in [3.05, 3.63) is 53.8 Å². The summed E-state index contributed by atoms with van der Waals surface area (Å²) >= 11 is 0. The van der Waals surface area contributed by atoms with Gasteiger partial charge in [-0.2, -0.15) is 0 Å². The third-order valence-electron chi connectivity index (χ3n) is 6.47. The van der Waals surface area contributed by atoms with Crippen LogP contribution >= 0.6 is 0 Å². The van der Waals surface area contributed by atoms with Gasteiger partial charge in [-0.05, 0) is 42.2 Å². The number of unbranched alkanes of at least 4 members (excludes halogenated alkanes) is 10. The lowest BCUT2D eigenvalue weighted by Gasteiger charge is -2.15. The lowest BCUT2D eigenvalue weighted by molar-refractivity contribution is -0.139. The van der Waals surface area contributed by atoms with Crippen molar-refractivity contribution in [2.24, 2.45) is 0 Å². The summed E-state index contributed by atoms with van der Waals surface area (Å²) in [6.45, 7) is 5.11. The van der Waals surface area contributed by atoms with Gasteiger partial charge < -0.3 is 9.84 Å². The van der Waals surface area contributed by atoms with Crippen molar-refractivity contribution in [1.82, 2.24) is 0 Å². The van der Waals surface area contributed by atoms with Gasteiger partial charge in [0.05, 0.1) is 12.5 Å². The molecule has 2 aromatic carbocycles. The Morgan fingerprint density at radius 1 is 0.794 bits per heavy atom. The number of hydrogen-bond acceptors (Lipinski definition) is 2. The average molecular weight is 471 g/mol. The quantitative estimate of drug-likeness (QED) is 0.221. The topological polar surface area (TPSA) is 46.5 Å². The number of rotatable bonds is 18. The van der Waals surface area contributed by atoms with E-state index in [1.54, 1.807) is 6.07 Å². The molecule has 188 valence electrons. The molecule has 0 saturated heterocycles. The molecule has 2 rings (SSSR count). The van der Waals surface area contributed by atoms with E-state index in [9.17, 15) is 14.3 Å². The molecule has 0 spiro atoms. The third-order valence-corrected chi connectivity index (χ3v) is 6.47. The van der Waals surface area contributed by atoms with E-state index in [2.05, 4.69) is 13.8 Å². The maximum absolute atomic E-state index is 14.9. The molecule has 3 nitrogen and oxygen atoms in total. The predicted octanol–water partition coefficient (Wildman–Crippen LogP) is 9.15. The molecule has 0 aliphatic heterocycles. The normalized spacial score (nSPS) is 12.0. The summed E-state index contributed by atoms with van der Waals surface area (Å²) in [5.74, 6) is -1.37. The first-order valence-corrected chi connectivity index (χ1v) is 13.3. The molecule has 0 fully saturated rings. The first-order chi connectivity index (χ1) is 16.6. The summed E-state index contributed by atoms with van der Waals surface area (Å²) in [4.78, 5) is 11.8. The zero-order chi connectivity index (χ0) is 24.6. The van der Waals surface area contributed by atoms with Crippen LogP contribution in [0.4, 0.5) is 4.39 Å². The van der Waals surface area contributed by atoms with Crippen molar-refractivity contribution in [3.8, 4) is 16.9 Å². The molecule has 0 heterocycles. The summed E-state index contributed by atoms with van der Waals surface area (Å²) in [6, 6.07) is 12.6. The minimum Gasteiger partial charge on any atom is -0.494 e. The highest BCUT2D eigenvalue weighted by Gasteiger charge is 2.23. The van der Waals surface area contributed by atoms with Crippen molar-refractivity contribution in [3.63, 3.8) is 0 Å². The Bertz CT molecular complexity index is 831. The van der Waals surface area contributed by atoms with Crippen molar-refractivity contribution in [2.75, 3.05) is 6.61 Å². The summed E-state index contributed by atoms with van der Waals surface area (Å²) in [7, 11) is 0.